The van der Waals surface area contributed by atoms with Gasteiger partial charge in [0.15, 0.2) is 0 Å². The van der Waals surface area contributed by atoms with Crippen LogP contribution >= 0.6 is 60.8 Å². The average Bonchev–Trinajstić information content (AvgIpc) is 3.55. The smallest absolute Gasteiger partial charge is 0.102 e. The van der Waals surface area contributed by atoms with Gasteiger partial charge in [-0.3, -0.25) is 11.8 Å². The first kappa shape index (κ1) is 66.4. The number of hydrogen-bond donors (Lipinski definition) is 2. The van der Waals surface area contributed by atoms with Crippen molar-refractivity contribution in [3.05, 3.63) is 303 Å². The van der Waals surface area contributed by atoms with Gasteiger partial charge in [0.2, 0.25) is 0 Å². The molecule has 13 heteroatoms. The minimum Gasteiger partial charge on any atom is -0.310 e. The quantitative estimate of drug-likeness (QED) is 0.0263. The molecule has 80 heavy (non-hydrogen) atoms. The Morgan fingerprint density at radius 3 is 0.775 bits per heavy atom. The van der Waals surface area contributed by atoms with Crippen molar-refractivity contribution >= 4 is 115 Å². The molecule has 0 spiro atoms. The molecule has 4 nitrogen and oxygen atoms in total. The normalized spacial score (nSPS) is 10.3. The van der Waals surface area contributed by atoms with Crippen molar-refractivity contribution in [3.63, 3.8) is 0 Å². The molecule has 9 aromatic carbocycles. The molecule has 0 aliphatic rings. The van der Waals surface area contributed by atoms with Crippen LogP contribution in [0.15, 0.2) is 297 Å². The Bertz CT molecular complexity index is 2750. The summed E-state index contributed by atoms with van der Waals surface area (Å²) in [4.78, 5) is 12.1. The van der Waals surface area contributed by atoms with E-state index in [1.165, 1.54) is 66.2 Å². The summed E-state index contributed by atoms with van der Waals surface area (Å²) in [6, 6.07) is 105. The number of nitrogens with one attached hydrogen (secondary N) is 2. The summed E-state index contributed by atoms with van der Waals surface area (Å²) in [6.45, 7) is 7.22. The molecule has 412 valence electrons. The predicted octanol–water partition coefficient (Wildman–Crippen LogP) is 12.0. The van der Waals surface area contributed by atoms with E-state index in [4.69, 9.17) is 24.2 Å². The van der Waals surface area contributed by atoms with Crippen LogP contribution in [0.1, 0.15) is 5.69 Å². The minimum absolute atomic E-state index is 0.346. The molecule has 0 unspecified atom stereocenters. The van der Waals surface area contributed by atoms with Gasteiger partial charge in [-0.1, -0.05) is 170 Å². The zero-order valence-electron chi connectivity index (χ0n) is 44.5. The summed E-state index contributed by atoms with van der Waals surface area (Å²) in [5.74, 6) is 0. The van der Waals surface area contributed by atoms with E-state index in [1.54, 1.807) is 17.3 Å². The molecule has 0 amide bonds. The summed E-state index contributed by atoms with van der Waals surface area (Å²) < 4.78 is 0. The second kappa shape index (κ2) is 42.4. The third kappa shape index (κ3) is 24.2. The van der Waals surface area contributed by atoms with Crippen LogP contribution in [0.2, 0.25) is 0 Å². The fourth-order valence-corrected chi connectivity index (χ4v) is 19.2. The number of pyridine rings is 1. The molecule has 0 aliphatic heterocycles. The van der Waals surface area contributed by atoms with Crippen molar-refractivity contribution in [2.75, 3.05) is 38.1 Å². The largest absolute Gasteiger partial charge is 0.310 e. The number of aromatic nitrogens is 1. The second-order valence-corrected chi connectivity index (χ2v) is 30.6. The fourth-order valence-electron chi connectivity index (χ4n) is 9.00. The second-order valence-electron chi connectivity index (χ2n) is 17.7. The van der Waals surface area contributed by atoms with Crippen molar-refractivity contribution in [2.45, 2.75) is 6.54 Å². The molecule has 0 fully saturated rings. The van der Waals surface area contributed by atoms with Crippen LogP contribution in [0.3, 0.4) is 0 Å². The van der Waals surface area contributed by atoms with E-state index in [2.05, 4.69) is 311 Å². The van der Waals surface area contributed by atoms with E-state index >= 15 is 0 Å². The van der Waals surface area contributed by atoms with Crippen LogP contribution in [-0.2, 0) is 43.8 Å². The Morgan fingerprint density at radius 2 is 0.550 bits per heavy atom. The molecule has 0 saturated heterocycles. The maximum atomic E-state index is 7.75. The van der Waals surface area contributed by atoms with E-state index in [9.17, 15) is 0 Å². The first-order valence-corrected chi connectivity index (χ1v) is 39.7. The van der Waals surface area contributed by atoms with Gasteiger partial charge in [0.1, 0.15) is 15.9 Å². The van der Waals surface area contributed by atoms with Crippen molar-refractivity contribution in [1.82, 2.24) is 15.6 Å². The zero-order valence-corrected chi connectivity index (χ0v) is 54.4. The molecule has 0 radical (unpaired) electrons. The maximum absolute atomic E-state index is 7.75. The average molecular weight is 1370 g/mol. The maximum Gasteiger partial charge on any atom is 0.102 e. The fraction of sp³-hybridized carbons (Fsp3) is 0.104. The molecule has 0 bridgehead atoms. The molecule has 1 heterocycles. The third-order valence-electron chi connectivity index (χ3n) is 12.6. The van der Waals surface area contributed by atoms with Gasteiger partial charge in [0.25, 0.3) is 0 Å². The standard InChI is InChI=1S/C28H29NP2.C20H21N2P.C18H15P.CHO.3ClH.2Ru.H/c1-5-13-25(14-6-1)30(26-15-7-2-8-16-26)23-21-29-22-24-31(27-17-9-3-10-18-27)28-19-11-4-12-20-28;1-3-10-19(11-4-1)23(20-12-5-2-6-13-20)16-15-21-17-18-9-7-8-14-22-18;1-4-10-16(11-5-1)19(17-12-6-2-7-13-17)18-14-8-3-9-15-18;1-2;;;;;;/h1-20,29H,21-24H2;1-14,21H,15-17H2;1-15H;1H;3*1H;;;/q;;;-1;;;;+2;+3;/p+1. The summed E-state index contributed by atoms with van der Waals surface area (Å²) in [5, 5.41) is 20.6. The predicted molar refractivity (Wildman–Crippen MR) is 357 cm³/mol. The van der Waals surface area contributed by atoms with Gasteiger partial charge < -0.3 is 15.4 Å². The van der Waals surface area contributed by atoms with Gasteiger partial charge in [-0.25, -0.2) is 0 Å². The zero-order chi connectivity index (χ0) is 56.5. The number of halogens is 3. The van der Waals surface area contributed by atoms with Crippen LogP contribution in [-0.4, -0.2) is 49.9 Å². The number of nitrogens with zero attached hydrogens (tertiary/aromatic N) is 1. The first-order valence-electron chi connectivity index (χ1n) is 26.2. The monoisotopic (exact) mass is 1370 g/mol. The Hall–Kier alpha value is -4.44. The number of hydrogen-bond acceptors (Lipinski definition) is 4. The topological polar surface area (TPSA) is 54.0 Å². The molecule has 0 atom stereocenters. The molecule has 0 aliphatic carbocycles. The van der Waals surface area contributed by atoms with Crippen LogP contribution in [0.5, 0.6) is 0 Å². The van der Waals surface area contributed by atoms with E-state index in [1.807, 2.05) is 18.3 Å². The number of carbonyl (C=O) groups excluding carboxylic acids is 1. The molecular formula is C67H71Cl3N3OP4Ru2+5. The first-order chi connectivity index (χ1) is 39.7. The summed E-state index contributed by atoms with van der Waals surface area (Å²) in [7, 11) is 11.2. The van der Waals surface area contributed by atoms with Crippen LogP contribution in [0.4, 0.5) is 0 Å². The van der Waals surface area contributed by atoms with Crippen molar-refractivity contribution < 1.29 is 37.3 Å². The van der Waals surface area contributed by atoms with Crippen LogP contribution in [0, 0.1) is 0 Å². The Labute approximate surface area is 511 Å². The van der Waals surface area contributed by atoms with Gasteiger partial charge in [-0.15, -0.1) is 0 Å². The van der Waals surface area contributed by atoms with E-state index in [0.717, 1.165) is 31.9 Å². The Balaban J connectivity index is 0.000000214. The van der Waals surface area contributed by atoms with E-state index < -0.39 is 31.7 Å². The SMILES string of the molecule is [CH-]=O.[Cl][RuH+2].[Cl][Ru][Cl].c1ccc([PH+](CCNCC[PH+](c2ccccc2)c2ccccc2)c2ccccc2)cc1.c1ccc([PH+](CCNCc2ccccn2)c2ccccc2)cc1.c1ccc([PH+](c2ccccc2)c2ccccc2)cc1. The van der Waals surface area contributed by atoms with Gasteiger partial charge in [0.05, 0.1) is 87.7 Å². The van der Waals surface area contributed by atoms with Crippen molar-refractivity contribution in [2.24, 2.45) is 0 Å². The summed E-state index contributed by atoms with van der Waals surface area (Å²) in [6.07, 6.45) is 5.43. The Morgan fingerprint density at radius 1 is 0.338 bits per heavy atom. The van der Waals surface area contributed by atoms with Crippen LogP contribution < -0.4 is 58.4 Å². The Kier molecular flexibility index (Phi) is 35.2. The van der Waals surface area contributed by atoms with E-state index in [-0.39, 0.29) is 15.1 Å². The van der Waals surface area contributed by atoms with Crippen LogP contribution in [0.25, 0.3) is 0 Å². The molecule has 10 aromatic rings. The molecule has 0 saturated carbocycles. The summed E-state index contributed by atoms with van der Waals surface area (Å²) in [5.41, 5.74) is 1.10. The van der Waals surface area contributed by atoms with Gasteiger partial charge in [-0.2, -0.15) is 0 Å². The number of rotatable bonds is 20. The van der Waals surface area contributed by atoms with Gasteiger partial charge in [0, 0.05) is 32.4 Å². The minimum atomic E-state index is -0.877. The van der Waals surface area contributed by atoms with Gasteiger partial charge in [-0.05, 0) is 121 Å². The molecular weight excluding hydrogens is 1300 g/mol. The molecule has 1 aromatic heterocycles. The number of benzene rings is 9. The van der Waals surface area contributed by atoms with E-state index in [0.29, 0.717) is 0 Å². The third-order valence-corrected chi connectivity index (χ3v) is 23.8. The van der Waals surface area contributed by atoms with Crippen molar-refractivity contribution in [1.29, 1.82) is 0 Å². The molecule has 10 rings (SSSR count). The van der Waals surface area contributed by atoms with Gasteiger partial charge >= 0.3 is 61.5 Å². The summed E-state index contributed by atoms with van der Waals surface area (Å²) >= 11 is 1.28. The van der Waals surface area contributed by atoms with Crippen molar-refractivity contribution in [3.8, 4) is 0 Å². The molecule has 2 N–H and O–H groups in total.